The van der Waals surface area contributed by atoms with Crippen molar-refractivity contribution in [1.82, 2.24) is 40.9 Å². The molecule has 0 aliphatic carbocycles. The second-order valence-corrected chi connectivity index (χ2v) is 18.8. The van der Waals surface area contributed by atoms with Crippen molar-refractivity contribution in [3.05, 3.63) is 29.8 Å². The molecule has 0 radical (unpaired) electrons. The van der Waals surface area contributed by atoms with Gasteiger partial charge in [0.25, 0.3) is 0 Å². The van der Waals surface area contributed by atoms with E-state index in [-0.39, 0.29) is 50.8 Å². The molecule has 0 saturated carbocycles. The molecular formula is C45H68N10O17. The van der Waals surface area contributed by atoms with Crippen LogP contribution in [-0.4, -0.2) is 238 Å². The standard InChI is InChI=1S/C45H68N10O17/c1-22(58)36(45(71)72)51-40(66)33-14-25(60)17-53(33)43(69)35-16-27(62)19-55(35)44(70)34-15-26(61)18-54(34)42(68)30(13-23-7-9-24(59)10-8-23)49-38(64)31(21-57)50-39(65)32-6-4-12-52(32)41(67)29(5-2-3-11-46)48-37(63)28(47)20-56/h7-10,22,25-36,56-62H,2-6,11-21,46-47H2,1H3,(H,48,63)(H,49,64)(H,50,65)(H,51,66)(H,71,72)/t22-,25-,26-,27-,28+,29+,30+,31+,32+,33+,34+,35+,36+/m1/s1. The van der Waals surface area contributed by atoms with E-state index in [0.29, 0.717) is 31.4 Å². The van der Waals surface area contributed by atoms with E-state index in [1.165, 1.54) is 29.2 Å². The number of nitrogens with one attached hydrogen (secondary N) is 4. The molecule has 4 fully saturated rings. The van der Waals surface area contributed by atoms with Crippen LogP contribution < -0.4 is 32.7 Å². The Hall–Kier alpha value is -6.07. The normalized spacial score (nSPS) is 25.5. The molecule has 0 unspecified atom stereocenters. The molecule has 0 bridgehead atoms. The number of unbranched alkanes of at least 4 members (excludes halogenated alkanes) is 1. The number of carboxylic acids is 1. The van der Waals surface area contributed by atoms with E-state index in [9.17, 15) is 84.0 Å². The number of nitrogens with zero attached hydrogens (tertiary/aromatic N) is 4. The minimum Gasteiger partial charge on any atom is -0.508 e. The molecular weight excluding hydrogens is 953 g/mol. The van der Waals surface area contributed by atoms with Crippen LogP contribution in [0.2, 0.25) is 0 Å². The highest BCUT2D eigenvalue weighted by atomic mass is 16.4. The topological polar surface area (TPSA) is 429 Å². The molecule has 4 aliphatic heterocycles. The number of β-amino-alcohol motifs (C(OH)–C–C–N with tert-alkyl or cyclic N) is 3. The van der Waals surface area contributed by atoms with Crippen LogP contribution >= 0.6 is 0 Å². The van der Waals surface area contributed by atoms with E-state index in [1.807, 2.05) is 0 Å². The second-order valence-electron chi connectivity index (χ2n) is 18.8. The minimum atomic E-state index is -1.76. The molecule has 13 atom stereocenters. The number of carboxylic acid groups (broad SMARTS) is 1. The molecule has 27 nitrogen and oxygen atoms in total. The molecule has 4 aliphatic rings. The van der Waals surface area contributed by atoms with Crippen LogP contribution in [0.25, 0.3) is 0 Å². The summed E-state index contributed by atoms with van der Waals surface area (Å²) in [4.78, 5) is 127. The molecule has 16 N–H and O–H groups in total. The number of amides is 8. The summed E-state index contributed by atoms with van der Waals surface area (Å²) >= 11 is 0. The van der Waals surface area contributed by atoms with Crippen molar-refractivity contribution < 1.29 is 84.0 Å². The largest absolute Gasteiger partial charge is 0.508 e. The number of hydrogen-bond acceptors (Lipinski definition) is 18. The Morgan fingerprint density at radius 3 is 1.75 bits per heavy atom. The summed E-state index contributed by atoms with van der Waals surface area (Å²) in [6.07, 6.45) is -5.14. The Balaban J connectivity index is 1.34. The first-order valence-corrected chi connectivity index (χ1v) is 23.9. The van der Waals surface area contributed by atoms with Crippen molar-refractivity contribution in [3.63, 3.8) is 0 Å². The molecule has 1 aromatic carbocycles. The maximum Gasteiger partial charge on any atom is 0.328 e. The van der Waals surface area contributed by atoms with Crippen LogP contribution in [0.3, 0.4) is 0 Å². The first-order chi connectivity index (χ1) is 34.1. The second kappa shape index (κ2) is 25.5. The summed E-state index contributed by atoms with van der Waals surface area (Å²) in [5.41, 5.74) is 11.7. The van der Waals surface area contributed by atoms with Crippen molar-refractivity contribution in [2.24, 2.45) is 11.5 Å². The van der Waals surface area contributed by atoms with Crippen molar-refractivity contribution in [2.75, 3.05) is 45.9 Å². The lowest BCUT2D eigenvalue weighted by atomic mass is 10.0. The van der Waals surface area contributed by atoms with Crippen LogP contribution in [0.1, 0.15) is 63.9 Å². The Labute approximate surface area is 413 Å². The zero-order chi connectivity index (χ0) is 53.1. The molecule has 4 saturated heterocycles. The zero-order valence-corrected chi connectivity index (χ0v) is 39.8. The lowest BCUT2D eigenvalue weighted by Crippen LogP contribution is -2.61. The molecule has 400 valence electrons. The number of aliphatic hydroxyl groups excluding tert-OH is 6. The number of nitrogens with two attached hydrogens (primary N) is 2. The zero-order valence-electron chi connectivity index (χ0n) is 39.8. The number of likely N-dealkylation sites (tertiary alicyclic amines) is 4. The Morgan fingerprint density at radius 2 is 1.19 bits per heavy atom. The van der Waals surface area contributed by atoms with Crippen molar-refractivity contribution in [3.8, 4) is 5.75 Å². The average molecular weight is 1020 g/mol. The Morgan fingerprint density at radius 1 is 0.667 bits per heavy atom. The lowest BCUT2D eigenvalue weighted by molar-refractivity contribution is -0.152. The summed E-state index contributed by atoms with van der Waals surface area (Å²) in [5, 5.41) is 91.1. The van der Waals surface area contributed by atoms with Gasteiger partial charge in [0.15, 0.2) is 6.04 Å². The molecule has 27 heteroatoms. The predicted octanol–water partition coefficient (Wildman–Crippen LogP) is -7.34. The smallest absolute Gasteiger partial charge is 0.328 e. The van der Waals surface area contributed by atoms with E-state index in [2.05, 4.69) is 21.3 Å². The fourth-order valence-corrected chi connectivity index (χ4v) is 9.53. The molecule has 0 spiro atoms. The maximum absolute atomic E-state index is 14.7. The van der Waals surface area contributed by atoms with E-state index in [0.717, 1.165) is 21.6 Å². The third-order valence-electron chi connectivity index (χ3n) is 13.3. The van der Waals surface area contributed by atoms with Crippen LogP contribution in [0, 0.1) is 0 Å². The van der Waals surface area contributed by atoms with Gasteiger partial charge in [-0.2, -0.15) is 0 Å². The summed E-state index contributed by atoms with van der Waals surface area (Å²) in [5.74, 6) is -8.78. The molecule has 0 aromatic heterocycles. The number of hydrogen-bond donors (Lipinski definition) is 14. The summed E-state index contributed by atoms with van der Waals surface area (Å²) < 4.78 is 0. The Kier molecular flexibility index (Phi) is 20.2. The van der Waals surface area contributed by atoms with Crippen molar-refractivity contribution >= 4 is 53.2 Å². The summed E-state index contributed by atoms with van der Waals surface area (Å²) in [7, 11) is 0. The molecule has 8 amide bonds. The molecule has 72 heavy (non-hydrogen) atoms. The fourth-order valence-electron chi connectivity index (χ4n) is 9.53. The van der Waals surface area contributed by atoms with Crippen LogP contribution in [0.4, 0.5) is 0 Å². The molecule has 1 aromatic rings. The van der Waals surface area contributed by atoms with Gasteiger partial charge in [0, 0.05) is 51.9 Å². The van der Waals surface area contributed by atoms with Gasteiger partial charge in [0.2, 0.25) is 47.3 Å². The number of aromatic hydroxyl groups is 1. The number of aliphatic hydroxyl groups is 6. The molecule has 5 rings (SSSR count). The maximum atomic E-state index is 14.7. The third-order valence-corrected chi connectivity index (χ3v) is 13.3. The van der Waals surface area contributed by atoms with E-state index in [4.69, 9.17) is 11.5 Å². The lowest BCUT2D eigenvalue weighted by Gasteiger charge is -2.35. The highest BCUT2D eigenvalue weighted by molar-refractivity contribution is 5.99. The fraction of sp³-hybridized carbons (Fsp3) is 0.667. The number of phenolic OH excluding ortho intramolecular Hbond substituents is 1. The van der Waals surface area contributed by atoms with E-state index < -0.39 is 165 Å². The number of carbonyl (C=O) groups excluding carboxylic acids is 8. The van der Waals surface area contributed by atoms with Crippen molar-refractivity contribution in [2.45, 2.75) is 144 Å². The quantitative estimate of drug-likeness (QED) is 0.0480. The van der Waals surface area contributed by atoms with Gasteiger partial charge in [-0.15, -0.1) is 0 Å². The number of phenols is 1. The highest BCUT2D eigenvalue weighted by Crippen LogP contribution is 2.30. The summed E-state index contributed by atoms with van der Waals surface area (Å²) in [6, 6.07) is -7.57. The number of aliphatic carboxylic acids is 1. The Bertz CT molecular complexity index is 2140. The van der Waals surface area contributed by atoms with Gasteiger partial charge in [0.05, 0.1) is 37.6 Å². The van der Waals surface area contributed by atoms with Crippen LogP contribution in [0.15, 0.2) is 24.3 Å². The monoisotopic (exact) mass is 1020 g/mol. The van der Waals surface area contributed by atoms with Crippen molar-refractivity contribution in [1.29, 1.82) is 0 Å². The predicted molar refractivity (Wildman–Crippen MR) is 247 cm³/mol. The van der Waals surface area contributed by atoms with Crippen LogP contribution in [-0.2, 0) is 49.6 Å². The van der Waals surface area contributed by atoms with Gasteiger partial charge < -0.3 is 93.2 Å². The van der Waals surface area contributed by atoms with E-state index >= 15 is 0 Å². The summed E-state index contributed by atoms with van der Waals surface area (Å²) in [6.45, 7) is -1.45. The van der Waals surface area contributed by atoms with Gasteiger partial charge in [0.1, 0.15) is 54.1 Å². The van der Waals surface area contributed by atoms with Gasteiger partial charge in [-0.05, 0) is 63.3 Å². The molecule has 4 heterocycles. The van der Waals surface area contributed by atoms with Gasteiger partial charge in [-0.25, -0.2) is 4.79 Å². The van der Waals surface area contributed by atoms with Crippen LogP contribution in [0.5, 0.6) is 5.75 Å². The first kappa shape index (κ1) is 56.8. The van der Waals surface area contributed by atoms with Gasteiger partial charge in [-0.3, -0.25) is 38.4 Å². The number of carbonyl (C=O) groups is 9. The minimum absolute atomic E-state index is 0.0944. The van der Waals surface area contributed by atoms with E-state index in [1.54, 1.807) is 0 Å². The average Bonchev–Trinajstić information content (AvgIpc) is 4.17. The van der Waals surface area contributed by atoms with Gasteiger partial charge in [-0.1, -0.05) is 12.1 Å². The highest BCUT2D eigenvalue weighted by Gasteiger charge is 2.51. The number of rotatable bonds is 22. The first-order valence-electron chi connectivity index (χ1n) is 23.9. The number of benzene rings is 1. The SMILES string of the molecule is C[C@@H](O)[C@H](NC(=O)[C@@H]1C[C@@H](O)CN1C(=O)[C@@H]1C[C@@H](O)CN1C(=O)[C@@H]1C[C@@H](O)CN1C(=O)[C@H](Cc1ccc(O)cc1)NC(=O)[C@H](CO)NC(=O)[C@@H]1CCCN1C(=O)[C@H](CCCCN)NC(=O)[C@@H](N)CO)C(=O)O. The third kappa shape index (κ3) is 13.9. The van der Waals surface area contributed by atoms with Gasteiger partial charge >= 0.3 is 5.97 Å².